The monoisotopic (exact) mass is 352 g/mol. The minimum absolute atomic E-state index is 0.0115. The van der Waals surface area contributed by atoms with E-state index in [9.17, 15) is 13.2 Å². The minimum atomic E-state index is -3.53. The largest absolute Gasteiger partial charge is 0.462 e. The third kappa shape index (κ3) is 2.75. The molecular formula is C13H12N4O4S2. The number of aliphatic imine (C=N–C) groups is 1. The fourth-order valence-electron chi connectivity index (χ4n) is 1.90. The number of aryl methyl sites for hydroxylation is 1. The summed E-state index contributed by atoms with van der Waals surface area (Å²) in [5, 5.41) is 13.1. The summed E-state index contributed by atoms with van der Waals surface area (Å²) >= 11 is 0.772. The van der Waals surface area contributed by atoms with E-state index in [0.717, 1.165) is 16.8 Å². The molecule has 1 aromatic heterocycles. The number of furan rings is 1. The third-order valence-corrected chi connectivity index (χ3v) is 6.22. The molecule has 1 amide bonds. The Hall–Kier alpha value is -2.20. The van der Waals surface area contributed by atoms with Crippen molar-refractivity contribution in [2.45, 2.75) is 13.8 Å². The number of carbonyl (C=O) groups excluding carboxylic acids is 1. The van der Waals surface area contributed by atoms with E-state index in [2.05, 4.69) is 10.1 Å². The Kier molecular flexibility index (Phi) is 3.72. The van der Waals surface area contributed by atoms with Crippen molar-refractivity contribution in [3.63, 3.8) is 0 Å². The summed E-state index contributed by atoms with van der Waals surface area (Å²) in [6, 6.07) is 3.39. The highest BCUT2D eigenvalue weighted by Gasteiger charge is 2.39. The van der Waals surface area contributed by atoms with Gasteiger partial charge in [0.25, 0.3) is 5.91 Å². The lowest BCUT2D eigenvalue weighted by Crippen LogP contribution is -2.35. The number of carbonyl (C=O) groups is 1. The highest BCUT2D eigenvalue weighted by molar-refractivity contribution is 8.42. The molecule has 8 nitrogen and oxygen atoms in total. The van der Waals surface area contributed by atoms with E-state index in [-0.39, 0.29) is 26.7 Å². The zero-order valence-electron chi connectivity index (χ0n) is 12.2. The van der Waals surface area contributed by atoms with E-state index in [1.165, 1.54) is 13.0 Å². The number of hydrogen-bond acceptors (Lipinski definition) is 7. The van der Waals surface area contributed by atoms with E-state index in [1.807, 2.05) is 0 Å². The van der Waals surface area contributed by atoms with E-state index in [1.54, 1.807) is 19.1 Å². The molecule has 3 heterocycles. The lowest BCUT2D eigenvalue weighted by atomic mass is 10.1. The lowest BCUT2D eigenvalue weighted by Gasteiger charge is -2.19. The van der Waals surface area contributed by atoms with Gasteiger partial charge >= 0.3 is 0 Å². The van der Waals surface area contributed by atoms with Crippen molar-refractivity contribution in [2.75, 3.05) is 5.75 Å². The van der Waals surface area contributed by atoms with Crippen LogP contribution in [-0.4, -0.2) is 40.5 Å². The number of amides is 1. The Morgan fingerprint density at radius 2 is 2.17 bits per heavy atom. The van der Waals surface area contributed by atoms with E-state index >= 15 is 0 Å². The summed E-state index contributed by atoms with van der Waals surface area (Å²) in [5.41, 5.74) is -0.0115. The van der Waals surface area contributed by atoms with Crippen LogP contribution in [0.4, 0.5) is 0 Å². The molecule has 10 heteroatoms. The van der Waals surface area contributed by atoms with Crippen molar-refractivity contribution >= 4 is 49.0 Å². The van der Waals surface area contributed by atoms with Crippen LogP contribution >= 0.6 is 11.8 Å². The maximum absolute atomic E-state index is 12.1. The van der Waals surface area contributed by atoms with Gasteiger partial charge in [-0.3, -0.25) is 10.2 Å². The molecular weight excluding hydrogens is 340 g/mol. The first-order valence-corrected chi connectivity index (χ1v) is 9.08. The van der Waals surface area contributed by atoms with Gasteiger partial charge in [-0.25, -0.2) is 8.42 Å². The standard InChI is InChI=1S/C13H12N4O4S2/c1-3-23(19,20)13-16-17-10(14)9(11(18)15-12(17)22-13)6-8-5-4-7(2)21-8/h4-6,14H,3H2,1-2H3/b9-6-,14-10?. The lowest BCUT2D eigenvalue weighted by molar-refractivity contribution is -0.114. The second-order valence-electron chi connectivity index (χ2n) is 4.74. The van der Waals surface area contributed by atoms with Gasteiger partial charge in [-0.1, -0.05) is 6.92 Å². The summed E-state index contributed by atoms with van der Waals surface area (Å²) in [5.74, 6) is 0.0969. The van der Waals surface area contributed by atoms with Gasteiger partial charge in [-0.2, -0.15) is 10.0 Å². The number of fused-ring (bicyclic) bond motifs is 1. The molecule has 1 N–H and O–H groups in total. The molecule has 0 aliphatic carbocycles. The molecule has 0 radical (unpaired) electrons. The average molecular weight is 352 g/mol. The predicted molar refractivity (Wildman–Crippen MR) is 87.9 cm³/mol. The Morgan fingerprint density at radius 1 is 1.43 bits per heavy atom. The minimum Gasteiger partial charge on any atom is -0.462 e. The molecule has 0 spiro atoms. The quantitative estimate of drug-likeness (QED) is 0.808. The van der Waals surface area contributed by atoms with Gasteiger partial charge in [0, 0.05) is 0 Å². The maximum Gasteiger partial charge on any atom is 0.283 e. The first-order valence-electron chi connectivity index (χ1n) is 6.61. The number of nitrogens with zero attached hydrogens (tertiary/aromatic N) is 3. The van der Waals surface area contributed by atoms with Crippen LogP contribution in [0.1, 0.15) is 18.4 Å². The highest BCUT2D eigenvalue weighted by atomic mass is 32.3. The normalized spacial score (nSPS) is 19.9. The van der Waals surface area contributed by atoms with Gasteiger partial charge in [0.1, 0.15) is 11.5 Å². The third-order valence-electron chi connectivity index (χ3n) is 3.13. The van der Waals surface area contributed by atoms with Crippen LogP contribution in [0, 0.1) is 12.3 Å². The van der Waals surface area contributed by atoms with Gasteiger partial charge in [0.2, 0.25) is 19.4 Å². The summed E-state index contributed by atoms with van der Waals surface area (Å²) in [7, 11) is -3.53. The number of thioether (sulfide) groups is 1. The molecule has 2 aliphatic rings. The van der Waals surface area contributed by atoms with Gasteiger partial charge in [-0.05, 0) is 36.9 Å². The molecule has 1 aromatic rings. The predicted octanol–water partition coefficient (Wildman–Crippen LogP) is 1.60. The van der Waals surface area contributed by atoms with Crippen molar-refractivity contribution in [3.8, 4) is 0 Å². The highest BCUT2D eigenvalue weighted by Crippen LogP contribution is 2.30. The first-order chi connectivity index (χ1) is 10.8. The maximum atomic E-state index is 12.1. The first kappa shape index (κ1) is 15.7. The summed E-state index contributed by atoms with van der Waals surface area (Å²) in [6.45, 7) is 3.26. The molecule has 2 aliphatic heterocycles. The number of rotatable bonds is 2. The zero-order valence-corrected chi connectivity index (χ0v) is 13.9. The SMILES string of the molecule is CCS(=O)(=O)C1=NN2C(=N)/C(=C/c3ccc(C)o3)C(=O)N=C2S1. The molecule has 3 rings (SSSR count). The van der Waals surface area contributed by atoms with Gasteiger partial charge in [0.15, 0.2) is 5.84 Å². The Labute approximate surface area is 136 Å². The van der Waals surface area contributed by atoms with Crippen molar-refractivity contribution in [3.05, 3.63) is 29.2 Å². The van der Waals surface area contributed by atoms with Crippen molar-refractivity contribution < 1.29 is 17.6 Å². The molecule has 0 bridgehead atoms. The number of amidine groups is 2. The number of nitrogens with one attached hydrogen (secondary N) is 1. The van der Waals surface area contributed by atoms with Crippen molar-refractivity contribution in [1.82, 2.24) is 5.01 Å². The molecule has 120 valence electrons. The second-order valence-corrected chi connectivity index (χ2v) is 8.15. The van der Waals surface area contributed by atoms with Gasteiger partial charge in [0.05, 0.1) is 11.3 Å². The van der Waals surface area contributed by atoms with Gasteiger partial charge in [-0.15, -0.1) is 5.10 Å². The van der Waals surface area contributed by atoms with Crippen LogP contribution in [0.25, 0.3) is 6.08 Å². The molecule has 0 atom stereocenters. The van der Waals surface area contributed by atoms with E-state index in [0.29, 0.717) is 11.5 Å². The second kappa shape index (κ2) is 5.46. The molecule has 0 unspecified atom stereocenters. The number of hydrazone groups is 1. The smallest absolute Gasteiger partial charge is 0.283 e. The van der Waals surface area contributed by atoms with Crippen molar-refractivity contribution in [1.29, 1.82) is 5.41 Å². The summed E-state index contributed by atoms with van der Waals surface area (Å²) in [4.78, 5) is 15.9. The van der Waals surface area contributed by atoms with E-state index < -0.39 is 15.7 Å². The van der Waals surface area contributed by atoms with Crippen LogP contribution in [0.3, 0.4) is 0 Å². The van der Waals surface area contributed by atoms with Crippen LogP contribution in [-0.2, 0) is 14.6 Å². The topological polar surface area (TPSA) is 116 Å². The van der Waals surface area contributed by atoms with Crippen LogP contribution in [0.15, 0.2) is 32.2 Å². The molecule has 23 heavy (non-hydrogen) atoms. The van der Waals surface area contributed by atoms with Crippen LogP contribution < -0.4 is 0 Å². The fraction of sp³-hybridized carbons (Fsp3) is 0.231. The molecule has 0 aromatic carbocycles. The molecule has 0 saturated heterocycles. The van der Waals surface area contributed by atoms with Gasteiger partial charge < -0.3 is 4.42 Å². The number of sulfone groups is 1. The summed E-state index contributed by atoms with van der Waals surface area (Å²) < 4.78 is 29.0. The molecule has 0 saturated carbocycles. The molecule has 0 fully saturated rings. The summed E-state index contributed by atoms with van der Waals surface area (Å²) in [6.07, 6.45) is 1.39. The zero-order chi connectivity index (χ0) is 16.8. The Morgan fingerprint density at radius 3 is 2.78 bits per heavy atom. The van der Waals surface area contributed by atoms with Crippen molar-refractivity contribution in [2.24, 2.45) is 10.1 Å². The fourth-order valence-corrected chi connectivity index (χ4v) is 4.06. The van der Waals surface area contributed by atoms with Crippen LogP contribution in [0.5, 0.6) is 0 Å². The van der Waals surface area contributed by atoms with E-state index in [4.69, 9.17) is 9.83 Å². The number of hydrogen-bond donors (Lipinski definition) is 1. The average Bonchev–Trinajstić information content (AvgIpc) is 3.10. The Balaban J connectivity index is 2.00. The Bertz CT molecular complexity index is 908. The van der Waals surface area contributed by atoms with Crippen LogP contribution in [0.2, 0.25) is 0 Å².